The van der Waals surface area contributed by atoms with Crippen LogP contribution in [0, 0.1) is 5.82 Å². The number of H-pyrrole nitrogens is 1. The monoisotopic (exact) mass is 474 g/mol. The van der Waals surface area contributed by atoms with Crippen molar-refractivity contribution < 1.29 is 19.1 Å². The van der Waals surface area contributed by atoms with Gasteiger partial charge in [-0.2, -0.15) is 0 Å². The minimum Gasteiger partial charge on any atom is -0.390 e. The molecule has 0 bridgehead atoms. The highest BCUT2D eigenvalue weighted by Crippen LogP contribution is 2.38. The molecule has 7 nitrogen and oxygen atoms in total. The summed E-state index contributed by atoms with van der Waals surface area (Å²) in [6, 6.07) is 11.9. The molecule has 35 heavy (non-hydrogen) atoms. The Balaban J connectivity index is 1.67. The van der Waals surface area contributed by atoms with Crippen LogP contribution < -0.4 is 5.32 Å². The fourth-order valence-corrected chi connectivity index (χ4v) is 4.93. The van der Waals surface area contributed by atoms with Crippen LogP contribution in [0.2, 0.25) is 0 Å². The molecule has 3 heterocycles. The molecular formula is C27H27FN4O3. The summed E-state index contributed by atoms with van der Waals surface area (Å²) in [5, 5.41) is 14.5. The molecule has 2 amide bonds. The molecule has 0 aliphatic carbocycles. The number of para-hydroxylation sites is 1. The van der Waals surface area contributed by atoms with Gasteiger partial charge in [-0.15, -0.1) is 0 Å². The van der Waals surface area contributed by atoms with Gasteiger partial charge in [0.1, 0.15) is 5.82 Å². The first-order valence-corrected chi connectivity index (χ1v) is 11.8. The van der Waals surface area contributed by atoms with Gasteiger partial charge in [-0.3, -0.25) is 14.9 Å². The molecule has 1 aliphatic rings. The lowest BCUT2D eigenvalue weighted by atomic mass is 9.95. The number of carbonyl (C=O) groups excluding carboxylic acids is 2. The van der Waals surface area contributed by atoms with Crippen molar-refractivity contribution in [1.82, 2.24) is 19.8 Å². The van der Waals surface area contributed by atoms with Gasteiger partial charge in [0.2, 0.25) is 0 Å². The zero-order chi connectivity index (χ0) is 24.7. The molecule has 1 unspecified atom stereocenters. The van der Waals surface area contributed by atoms with Crippen LogP contribution in [0.1, 0.15) is 25.0 Å². The predicted molar refractivity (Wildman–Crippen MR) is 134 cm³/mol. The third-order valence-corrected chi connectivity index (χ3v) is 6.67. The highest BCUT2D eigenvalue weighted by Gasteiger charge is 2.35. The highest BCUT2D eigenvalue weighted by molar-refractivity contribution is 6.50. The average molecular weight is 475 g/mol. The van der Waals surface area contributed by atoms with E-state index < -0.39 is 23.7 Å². The minimum atomic E-state index is -0.662. The Morgan fingerprint density at radius 2 is 1.71 bits per heavy atom. The Morgan fingerprint density at radius 3 is 2.46 bits per heavy atom. The zero-order valence-corrected chi connectivity index (χ0v) is 19.6. The predicted octanol–water partition coefficient (Wildman–Crippen LogP) is 3.53. The number of fused-ring (bicyclic) bond motifs is 2. The third-order valence-electron chi connectivity index (χ3n) is 6.67. The number of aliphatic hydroxyl groups is 1. The molecule has 180 valence electrons. The van der Waals surface area contributed by atoms with E-state index in [0.717, 1.165) is 24.0 Å². The number of carbonyl (C=O) groups is 2. The van der Waals surface area contributed by atoms with Crippen molar-refractivity contribution in [2.45, 2.75) is 26.5 Å². The summed E-state index contributed by atoms with van der Waals surface area (Å²) in [5.74, 6) is -1.46. The number of hydrogen-bond acceptors (Lipinski definition) is 4. The van der Waals surface area contributed by atoms with Gasteiger partial charge in [0.25, 0.3) is 11.8 Å². The number of amides is 2. The van der Waals surface area contributed by atoms with E-state index in [4.69, 9.17) is 0 Å². The Kier molecular flexibility index (Phi) is 6.00. The van der Waals surface area contributed by atoms with Crippen molar-refractivity contribution in [3.63, 3.8) is 0 Å². The first-order valence-electron chi connectivity index (χ1n) is 11.8. The topological polar surface area (TPSA) is 90.4 Å². The number of nitrogens with one attached hydrogen (secondary N) is 2. The number of aromatic amines is 1. The number of imide groups is 1. The second kappa shape index (κ2) is 9.13. The molecule has 4 aromatic rings. The van der Waals surface area contributed by atoms with Crippen LogP contribution in [0.5, 0.6) is 0 Å². The summed E-state index contributed by atoms with van der Waals surface area (Å²) >= 11 is 0. The Bertz CT molecular complexity index is 1480. The zero-order valence-electron chi connectivity index (χ0n) is 19.6. The van der Waals surface area contributed by atoms with E-state index in [2.05, 4.69) is 15.2 Å². The van der Waals surface area contributed by atoms with Gasteiger partial charge in [0.05, 0.1) is 17.3 Å². The molecule has 0 saturated carbocycles. The van der Waals surface area contributed by atoms with E-state index in [-0.39, 0.29) is 17.7 Å². The number of aliphatic hydroxyl groups excluding tert-OH is 1. The van der Waals surface area contributed by atoms with Gasteiger partial charge in [0, 0.05) is 58.4 Å². The van der Waals surface area contributed by atoms with Crippen molar-refractivity contribution in [2.75, 3.05) is 19.6 Å². The smallest absolute Gasteiger partial charge is 0.259 e. The van der Waals surface area contributed by atoms with Crippen LogP contribution in [0.25, 0.3) is 33.0 Å². The molecule has 0 spiro atoms. The number of rotatable bonds is 8. The van der Waals surface area contributed by atoms with E-state index in [1.807, 2.05) is 42.7 Å². The van der Waals surface area contributed by atoms with Crippen LogP contribution in [0.15, 0.2) is 54.9 Å². The van der Waals surface area contributed by atoms with Crippen LogP contribution in [0.4, 0.5) is 4.39 Å². The maximum Gasteiger partial charge on any atom is 0.259 e. The number of nitrogens with zero attached hydrogens (tertiary/aromatic N) is 2. The Labute approximate surface area is 201 Å². The fourth-order valence-electron chi connectivity index (χ4n) is 4.93. The highest BCUT2D eigenvalue weighted by atomic mass is 19.1. The molecule has 0 fully saturated rings. The molecule has 2 aromatic heterocycles. The van der Waals surface area contributed by atoms with E-state index >= 15 is 0 Å². The van der Waals surface area contributed by atoms with Crippen molar-refractivity contribution in [2.24, 2.45) is 0 Å². The van der Waals surface area contributed by atoms with Gasteiger partial charge in [-0.25, -0.2) is 4.39 Å². The van der Waals surface area contributed by atoms with Crippen molar-refractivity contribution in [1.29, 1.82) is 0 Å². The van der Waals surface area contributed by atoms with Gasteiger partial charge in [0.15, 0.2) is 0 Å². The molecule has 8 heteroatoms. The van der Waals surface area contributed by atoms with Gasteiger partial charge in [-0.05, 0) is 37.4 Å². The molecule has 5 rings (SSSR count). The second-order valence-electron chi connectivity index (χ2n) is 8.78. The average Bonchev–Trinajstić information content (AvgIpc) is 3.50. The van der Waals surface area contributed by atoms with E-state index in [0.29, 0.717) is 28.6 Å². The number of aromatic nitrogens is 2. The number of benzene rings is 2. The van der Waals surface area contributed by atoms with E-state index in [1.54, 1.807) is 18.5 Å². The quantitative estimate of drug-likeness (QED) is 0.341. The maximum absolute atomic E-state index is 14.3. The molecule has 1 aliphatic heterocycles. The van der Waals surface area contributed by atoms with Gasteiger partial charge in [-0.1, -0.05) is 32.0 Å². The van der Waals surface area contributed by atoms with Crippen molar-refractivity contribution in [3.05, 3.63) is 71.8 Å². The Hall–Kier alpha value is -3.75. The summed E-state index contributed by atoms with van der Waals surface area (Å²) in [5.41, 5.74) is 3.04. The number of hydrogen-bond donors (Lipinski definition) is 3. The normalized spacial score (nSPS) is 15.1. The maximum atomic E-state index is 14.3. The molecule has 0 radical (unpaired) electrons. The molecule has 0 saturated heterocycles. The Morgan fingerprint density at radius 1 is 1.00 bits per heavy atom. The summed E-state index contributed by atoms with van der Waals surface area (Å²) < 4.78 is 16.2. The molecule has 2 aromatic carbocycles. The lowest BCUT2D eigenvalue weighted by molar-refractivity contribution is -0.122. The van der Waals surface area contributed by atoms with Crippen LogP contribution in [-0.4, -0.2) is 57.1 Å². The largest absolute Gasteiger partial charge is 0.390 e. The van der Waals surface area contributed by atoms with Gasteiger partial charge < -0.3 is 19.6 Å². The standard InChI is InChI=1S/C27H27FN4O3/c1-3-31(4-2)13-17(33)14-32-15-21(19-11-16(28)9-10-23(19)32)25-24(26(34)30-27(25)35)20-12-29-22-8-6-5-7-18(20)22/h5-12,15,17,29,33H,3-4,13-14H2,1-2H3,(H,30,34,35). The minimum absolute atomic E-state index is 0.201. The molecular weight excluding hydrogens is 447 g/mol. The lowest BCUT2D eigenvalue weighted by Gasteiger charge is -2.22. The van der Waals surface area contributed by atoms with Crippen molar-refractivity contribution in [3.8, 4) is 0 Å². The number of halogens is 1. The van der Waals surface area contributed by atoms with E-state index in [1.165, 1.54) is 12.1 Å². The first kappa shape index (κ1) is 23.0. The SMILES string of the molecule is CCN(CC)CC(O)Cn1cc(C2=C(c3c[nH]c4ccccc34)C(=O)NC2=O)c2cc(F)ccc21. The van der Waals surface area contributed by atoms with Crippen LogP contribution in [0.3, 0.4) is 0 Å². The van der Waals surface area contributed by atoms with Crippen LogP contribution >= 0.6 is 0 Å². The molecule has 1 atom stereocenters. The van der Waals surface area contributed by atoms with Gasteiger partial charge >= 0.3 is 0 Å². The summed E-state index contributed by atoms with van der Waals surface area (Å²) in [7, 11) is 0. The first-order chi connectivity index (χ1) is 16.9. The third kappa shape index (κ3) is 4.05. The fraction of sp³-hybridized carbons (Fsp3) is 0.259. The second-order valence-corrected chi connectivity index (χ2v) is 8.78. The summed E-state index contributed by atoms with van der Waals surface area (Å²) in [6.45, 7) is 6.47. The lowest BCUT2D eigenvalue weighted by Crippen LogP contribution is -2.34. The summed E-state index contributed by atoms with van der Waals surface area (Å²) in [4.78, 5) is 31.3. The number of likely N-dealkylation sites (N-methyl/N-ethyl adjacent to an activating group) is 1. The van der Waals surface area contributed by atoms with E-state index in [9.17, 15) is 19.1 Å². The summed E-state index contributed by atoms with van der Waals surface area (Å²) in [6.07, 6.45) is 2.79. The van der Waals surface area contributed by atoms with Crippen LogP contribution in [-0.2, 0) is 16.1 Å². The molecule has 3 N–H and O–H groups in total. The van der Waals surface area contributed by atoms with Crippen molar-refractivity contribution >= 4 is 44.8 Å².